The SMILES string of the molecule is c1cn(C2=C(c3ccsc3)CCC2)cn1. The van der Waals surface area contributed by atoms with Crippen LogP contribution in [0, 0.1) is 0 Å². The summed E-state index contributed by atoms with van der Waals surface area (Å²) in [5, 5.41) is 4.38. The molecule has 2 heterocycles. The van der Waals surface area contributed by atoms with Gasteiger partial charge in [0.2, 0.25) is 0 Å². The van der Waals surface area contributed by atoms with Gasteiger partial charge in [-0.2, -0.15) is 11.3 Å². The summed E-state index contributed by atoms with van der Waals surface area (Å²) in [4.78, 5) is 4.11. The summed E-state index contributed by atoms with van der Waals surface area (Å²) >= 11 is 1.77. The van der Waals surface area contributed by atoms with Crippen molar-refractivity contribution >= 4 is 22.6 Å². The van der Waals surface area contributed by atoms with Crippen molar-refractivity contribution in [1.29, 1.82) is 0 Å². The molecule has 0 radical (unpaired) electrons. The van der Waals surface area contributed by atoms with E-state index < -0.39 is 0 Å². The van der Waals surface area contributed by atoms with Gasteiger partial charge in [-0.25, -0.2) is 4.98 Å². The minimum absolute atomic E-state index is 1.17. The largest absolute Gasteiger partial charge is 0.310 e. The molecule has 76 valence electrons. The highest BCUT2D eigenvalue weighted by atomic mass is 32.1. The van der Waals surface area contributed by atoms with Gasteiger partial charge in [0, 0.05) is 18.1 Å². The third kappa shape index (κ3) is 1.53. The summed E-state index contributed by atoms with van der Waals surface area (Å²) in [7, 11) is 0. The Bertz CT molecular complexity index is 421. The third-order valence-corrected chi connectivity index (χ3v) is 3.56. The molecule has 3 rings (SSSR count). The smallest absolute Gasteiger partial charge is 0.0989 e. The lowest BCUT2D eigenvalue weighted by Crippen LogP contribution is -1.92. The Morgan fingerprint density at radius 2 is 2.33 bits per heavy atom. The highest BCUT2D eigenvalue weighted by Gasteiger charge is 2.17. The molecule has 2 aromatic rings. The Labute approximate surface area is 92.9 Å². The molecule has 0 saturated heterocycles. The van der Waals surface area contributed by atoms with Crippen LogP contribution in [0.2, 0.25) is 0 Å². The number of imidazole rings is 1. The fourth-order valence-electron chi connectivity index (χ4n) is 2.18. The van der Waals surface area contributed by atoms with Crippen LogP contribution in [0.15, 0.2) is 35.5 Å². The molecule has 0 aliphatic heterocycles. The highest BCUT2D eigenvalue weighted by molar-refractivity contribution is 7.08. The molecule has 0 atom stereocenters. The molecule has 1 aliphatic carbocycles. The number of rotatable bonds is 2. The Balaban J connectivity index is 2.09. The Morgan fingerprint density at radius 3 is 3.07 bits per heavy atom. The molecule has 2 nitrogen and oxygen atoms in total. The van der Waals surface area contributed by atoms with Crippen LogP contribution in [0.1, 0.15) is 24.8 Å². The van der Waals surface area contributed by atoms with E-state index in [0.717, 1.165) is 0 Å². The summed E-state index contributed by atoms with van der Waals surface area (Å²) in [6, 6.07) is 2.21. The van der Waals surface area contributed by atoms with Crippen molar-refractivity contribution in [2.45, 2.75) is 19.3 Å². The second-order valence-electron chi connectivity index (χ2n) is 3.76. The fourth-order valence-corrected chi connectivity index (χ4v) is 2.85. The van der Waals surface area contributed by atoms with Crippen molar-refractivity contribution in [3.63, 3.8) is 0 Å². The predicted octanol–water partition coefficient (Wildman–Crippen LogP) is 3.50. The first-order chi connectivity index (χ1) is 7.45. The first-order valence-electron chi connectivity index (χ1n) is 5.18. The summed E-state index contributed by atoms with van der Waals surface area (Å²) in [6.45, 7) is 0. The van der Waals surface area contributed by atoms with Crippen LogP contribution in [0.5, 0.6) is 0 Å². The molecular weight excluding hydrogens is 204 g/mol. The molecule has 0 N–H and O–H groups in total. The zero-order valence-corrected chi connectivity index (χ0v) is 9.20. The first kappa shape index (κ1) is 8.92. The number of hydrogen-bond acceptors (Lipinski definition) is 2. The Kier molecular flexibility index (Phi) is 2.18. The van der Waals surface area contributed by atoms with E-state index in [9.17, 15) is 0 Å². The second-order valence-corrected chi connectivity index (χ2v) is 4.54. The lowest BCUT2D eigenvalue weighted by atomic mass is 10.1. The minimum atomic E-state index is 1.17. The standard InChI is InChI=1S/C12H12N2S/c1-2-11(10-4-7-15-8-10)12(3-1)14-6-5-13-9-14/h4-9H,1-3H2. The molecule has 0 bridgehead atoms. The minimum Gasteiger partial charge on any atom is -0.310 e. The van der Waals surface area contributed by atoms with Gasteiger partial charge in [-0.3, -0.25) is 0 Å². The van der Waals surface area contributed by atoms with Crippen LogP contribution < -0.4 is 0 Å². The van der Waals surface area contributed by atoms with E-state index in [1.807, 2.05) is 18.7 Å². The zero-order valence-electron chi connectivity index (χ0n) is 8.39. The maximum atomic E-state index is 4.11. The van der Waals surface area contributed by atoms with Crippen LogP contribution >= 0.6 is 11.3 Å². The molecule has 0 saturated carbocycles. The molecule has 0 amide bonds. The lowest BCUT2D eigenvalue weighted by molar-refractivity contribution is 0.906. The molecule has 2 aromatic heterocycles. The van der Waals surface area contributed by atoms with Gasteiger partial charge in [-0.05, 0) is 47.2 Å². The predicted molar refractivity (Wildman–Crippen MR) is 63.5 cm³/mol. The third-order valence-electron chi connectivity index (χ3n) is 2.87. The van der Waals surface area contributed by atoms with E-state index in [0.29, 0.717) is 0 Å². The van der Waals surface area contributed by atoms with Gasteiger partial charge < -0.3 is 4.57 Å². The van der Waals surface area contributed by atoms with E-state index in [-0.39, 0.29) is 0 Å². The molecule has 0 unspecified atom stereocenters. The van der Waals surface area contributed by atoms with Crippen molar-refractivity contribution in [2.24, 2.45) is 0 Å². The van der Waals surface area contributed by atoms with E-state index in [1.54, 1.807) is 11.3 Å². The summed E-state index contributed by atoms with van der Waals surface area (Å²) < 4.78 is 2.15. The van der Waals surface area contributed by atoms with E-state index >= 15 is 0 Å². The van der Waals surface area contributed by atoms with Crippen LogP contribution in [-0.4, -0.2) is 9.55 Å². The van der Waals surface area contributed by atoms with E-state index in [1.165, 1.54) is 36.1 Å². The molecule has 0 aromatic carbocycles. The first-order valence-corrected chi connectivity index (χ1v) is 6.12. The van der Waals surface area contributed by atoms with Crippen LogP contribution in [-0.2, 0) is 0 Å². The van der Waals surface area contributed by atoms with E-state index in [4.69, 9.17) is 0 Å². The molecule has 15 heavy (non-hydrogen) atoms. The van der Waals surface area contributed by atoms with Gasteiger partial charge in [0.25, 0.3) is 0 Å². The van der Waals surface area contributed by atoms with Crippen molar-refractivity contribution in [1.82, 2.24) is 9.55 Å². The van der Waals surface area contributed by atoms with Gasteiger partial charge in [0.15, 0.2) is 0 Å². The molecule has 0 spiro atoms. The summed E-state index contributed by atoms with van der Waals surface area (Å²) in [5.41, 5.74) is 4.31. The zero-order chi connectivity index (χ0) is 10.1. The summed E-state index contributed by atoms with van der Waals surface area (Å²) in [6.07, 6.45) is 9.40. The van der Waals surface area contributed by atoms with Gasteiger partial charge in [0.05, 0.1) is 6.33 Å². The van der Waals surface area contributed by atoms with Gasteiger partial charge in [0.1, 0.15) is 0 Å². The van der Waals surface area contributed by atoms with Crippen molar-refractivity contribution in [3.8, 4) is 0 Å². The van der Waals surface area contributed by atoms with Crippen molar-refractivity contribution in [3.05, 3.63) is 41.1 Å². The maximum absolute atomic E-state index is 4.11. The van der Waals surface area contributed by atoms with E-state index in [2.05, 4.69) is 26.4 Å². The number of allylic oxidation sites excluding steroid dienone is 2. The molecule has 1 aliphatic rings. The lowest BCUT2D eigenvalue weighted by Gasteiger charge is -2.06. The fraction of sp³-hybridized carbons (Fsp3) is 0.250. The number of nitrogens with zero attached hydrogens (tertiary/aromatic N) is 2. The monoisotopic (exact) mass is 216 g/mol. The average Bonchev–Trinajstić information content (AvgIpc) is 3.01. The highest BCUT2D eigenvalue weighted by Crippen LogP contribution is 2.37. The van der Waals surface area contributed by atoms with Gasteiger partial charge in [-0.15, -0.1) is 0 Å². The topological polar surface area (TPSA) is 17.8 Å². The van der Waals surface area contributed by atoms with Crippen molar-refractivity contribution in [2.75, 3.05) is 0 Å². The molecular formula is C12H12N2S. The quantitative estimate of drug-likeness (QED) is 0.751. The average molecular weight is 216 g/mol. The second kappa shape index (κ2) is 3.66. The maximum Gasteiger partial charge on any atom is 0.0989 e. The van der Waals surface area contributed by atoms with Gasteiger partial charge >= 0.3 is 0 Å². The van der Waals surface area contributed by atoms with Gasteiger partial charge in [-0.1, -0.05) is 0 Å². The van der Waals surface area contributed by atoms with Crippen LogP contribution in [0.3, 0.4) is 0 Å². The van der Waals surface area contributed by atoms with Crippen molar-refractivity contribution < 1.29 is 0 Å². The summed E-state index contributed by atoms with van der Waals surface area (Å²) in [5.74, 6) is 0. The molecule has 0 fully saturated rings. The Hall–Kier alpha value is -1.35. The van der Waals surface area contributed by atoms with Crippen LogP contribution in [0.4, 0.5) is 0 Å². The van der Waals surface area contributed by atoms with Crippen LogP contribution in [0.25, 0.3) is 11.3 Å². The normalized spacial score (nSPS) is 16.3. The number of hydrogen-bond donors (Lipinski definition) is 0. The number of aromatic nitrogens is 2. The molecule has 3 heteroatoms. The number of thiophene rings is 1. The Morgan fingerprint density at radius 1 is 1.33 bits per heavy atom.